The third-order valence-corrected chi connectivity index (χ3v) is 8.32. The molecule has 0 aromatic heterocycles. The van der Waals surface area contributed by atoms with Crippen molar-refractivity contribution in [1.82, 2.24) is 10.2 Å². The molecule has 0 aliphatic rings. The van der Waals surface area contributed by atoms with Gasteiger partial charge in [0.05, 0.1) is 10.6 Å². The van der Waals surface area contributed by atoms with Crippen LogP contribution in [-0.4, -0.2) is 44.3 Å². The number of benzene rings is 3. The van der Waals surface area contributed by atoms with Gasteiger partial charge in [-0.3, -0.25) is 13.9 Å². The SMILES string of the molecule is CCCCNC(=O)[C@@H](C)N(Cc1ccccc1C)C(=O)CN(c1ccccc1)S(=O)(=O)c1ccc(C)cc1. The highest BCUT2D eigenvalue weighted by Crippen LogP contribution is 2.25. The van der Waals surface area contributed by atoms with Gasteiger partial charge in [-0.25, -0.2) is 8.42 Å². The number of sulfonamides is 1. The van der Waals surface area contributed by atoms with Crippen LogP contribution in [0.15, 0.2) is 83.8 Å². The average molecular weight is 536 g/mol. The van der Waals surface area contributed by atoms with Gasteiger partial charge < -0.3 is 10.2 Å². The van der Waals surface area contributed by atoms with Gasteiger partial charge >= 0.3 is 0 Å². The molecule has 3 aromatic carbocycles. The first-order chi connectivity index (χ1) is 18.1. The number of nitrogens with one attached hydrogen (secondary N) is 1. The molecule has 0 saturated heterocycles. The van der Waals surface area contributed by atoms with E-state index in [1.54, 1.807) is 61.5 Å². The van der Waals surface area contributed by atoms with Gasteiger partial charge in [-0.2, -0.15) is 0 Å². The fourth-order valence-corrected chi connectivity index (χ4v) is 5.46. The molecule has 0 radical (unpaired) electrons. The minimum Gasteiger partial charge on any atom is -0.354 e. The molecule has 202 valence electrons. The van der Waals surface area contributed by atoms with E-state index >= 15 is 0 Å². The minimum atomic E-state index is -4.06. The molecule has 3 rings (SSSR count). The van der Waals surface area contributed by atoms with Crippen LogP contribution < -0.4 is 9.62 Å². The maximum absolute atomic E-state index is 13.9. The van der Waals surface area contributed by atoms with Gasteiger partial charge in [0.2, 0.25) is 11.8 Å². The molecule has 2 amide bonds. The molecular formula is C30H37N3O4S. The van der Waals surface area contributed by atoms with Crippen molar-refractivity contribution < 1.29 is 18.0 Å². The zero-order valence-corrected chi connectivity index (χ0v) is 23.4. The molecular weight excluding hydrogens is 498 g/mol. The number of nitrogens with zero attached hydrogens (tertiary/aromatic N) is 2. The van der Waals surface area contributed by atoms with Crippen molar-refractivity contribution in [2.45, 2.75) is 58.0 Å². The van der Waals surface area contributed by atoms with Gasteiger partial charge in [-0.05, 0) is 62.6 Å². The Kier molecular flexibility index (Phi) is 10.1. The van der Waals surface area contributed by atoms with Crippen LogP contribution in [0.25, 0.3) is 0 Å². The number of unbranched alkanes of at least 4 members (excludes halogenated alkanes) is 1. The Morgan fingerprint density at radius 3 is 2.16 bits per heavy atom. The van der Waals surface area contributed by atoms with E-state index in [-0.39, 0.29) is 17.3 Å². The van der Waals surface area contributed by atoms with Crippen LogP contribution in [0.5, 0.6) is 0 Å². The normalized spacial score (nSPS) is 12.0. The number of para-hydroxylation sites is 1. The van der Waals surface area contributed by atoms with Crippen LogP contribution in [0.4, 0.5) is 5.69 Å². The summed E-state index contributed by atoms with van der Waals surface area (Å²) in [6.07, 6.45) is 1.77. The summed E-state index contributed by atoms with van der Waals surface area (Å²) in [5, 5.41) is 2.90. The molecule has 1 N–H and O–H groups in total. The van der Waals surface area contributed by atoms with Crippen molar-refractivity contribution in [3.05, 3.63) is 95.6 Å². The summed E-state index contributed by atoms with van der Waals surface area (Å²) in [6, 6.07) is 22.0. The van der Waals surface area contributed by atoms with Crippen LogP contribution >= 0.6 is 0 Å². The molecule has 38 heavy (non-hydrogen) atoms. The van der Waals surface area contributed by atoms with Crippen LogP contribution in [0.2, 0.25) is 0 Å². The largest absolute Gasteiger partial charge is 0.354 e. The lowest BCUT2D eigenvalue weighted by atomic mass is 10.1. The van der Waals surface area contributed by atoms with E-state index in [2.05, 4.69) is 5.32 Å². The first-order valence-electron chi connectivity index (χ1n) is 12.9. The highest BCUT2D eigenvalue weighted by Gasteiger charge is 2.32. The third kappa shape index (κ3) is 7.22. The van der Waals surface area contributed by atoms with Crippen molar-refractivity contribution in [3.8, 4) is 0 Å². The number of hydrogen-bond donors (Lipinski definition) is 1. The molecule has 7 nitrogen and oxygen atoms in total. The summed E-state index contributed by atoms with van der Waals surface area (Å²) in [5.74, 6) is -0.737. The van der Waals surface area contributed by atoms with Crippen LogP contribution in [0, 0.1) is 13.8 Å². The van der Waals surface area contributed by atoms with Gasteiger partial charge in [-0.1, -0.05) is 73.5 Å². The monoisotopic (exact) mass is 535 g/mol. The molecule has 0 aliphatic heterocycles. The summed E-state index contributed by atoms with van der Waals surface area (Å²) >= 11 is 0. The highest BCUT2D eigenvalue weighted by atomic mass is 32.2. The average Bonchev–Trinajstić information content (AvgIpc) is 2.91. The Bertz CT molecular complexity index is 1330. The molecule has 0 heterocycles. The van der Waals surface area contributed by atoms with Gasteiger partial charge in [0.15, 0.2) is 0 Å². The summed E-state index contributed by atoms with van der Waals surface area (Å²) in [7, 11) is -4.06. The summed E-state index contributed by atoms with van der Waals surface area (Å²) in [6.45, 7) is 7.80. The molecule has 8 heteroatoms. The molecule has 0 bridgehead atoms. The Hall–Kier alpha value is -3.65. The van der Waals surface area contributed by atoms with E-state index in [4.69, 9.17) is 0 Å². The lowest BCUT2D eigenvalue weighted by Crippen LogP contribution is -2.51. The number of aryl methyl sites for hydroxylation is 2. The summed E-state index contributed by atoms with van der Waals surface area (Å²) in [5.41, 5.74) is 3.17. The molecule has 0 aliphatic carbocycles. The van der Waals surface area contributed by atoms with Crippen molar-refractivity contribution in [3.63, 3.8) is 0 Å². The Labute approximate surface area is 226 Å². The van der Waals surface area contributed by atoms with E-state index in [1.165, 1.54) is 4.90 Å². The fourth-order valence-electron chi connectivity index (χ4n) is 4.05. The highest BCUT2D eigenvalue weighted by molar-refractivity contribution is 7.92. The third-order valence-electron chi connectivity index (χ3n) is 6.53. The second kappa shape index (κ2) is 13.2. The second-order valence-corrected chi connectivity index (χ2v) is 11.3. The van der Waals surface area contributed by atoms with Crippen molar-refractivity contribution in [1.29, 1.82) is 0 Å². The quantitative estimate of drug-likeness (QED) is 0.337. The van der Waals surface area contributed by atoms with Crippen molar-refractivity contribution in [2.24, 2.45) is 0 Å². The second-order valence-electron chi connectivity index (χ2n) is 9.43. The minimum absolute atomic E-state index is 0.0931. The number of rotatable bonds is 12. The van der Waals surface area contributed by atoms with Gasteiger partial charge in [0.25, 0.3) is 10.0 Å². The van der Waals surface area contributed by atoms with Gasteiger partial charge in [0.1, 0.15) is 12.6 Å². The lowest BCUT2D eigenvalue weighted by Gasteiger charge is -2.32. The van der Waals surface area contributed by atoms with E-state index in [0.29, 0.717) is 12.2 Å². The van der Waals surface area contributed by atoms with Crippen LogP contribution in [0.3, 0.4) is 0 Å². The number of carbonyl (C=O) groups excluding carboxylic acids is 2. The van der Waals surface area contributed by atoms with Gasteiger partial charge in [-0.15, -0.1) is 0 Å². The van der Waals surface area contributed by atoms with E-state index in [0.717, 1.165) is 33.8 Å². The maximum atomic E-state index is 13.9. The zero-order chi connectivity index (χ0) is 27.7. The molecule has 0 fully saturated rings. The summed E-state index contributed by atoms with van der Waals surface area (Å²) in [4.78, 5) is 28.5. The number of anilines is 1. The lowest BCUT2D eigenvalue weighted by molar-refractivity contribution is -0.139. The summed E-state index contributed by atoms with van der Waals surface area (Å²) < 4.78 is 28.7. The standard InChI is InChI=1S/C30H37N3O4S/c1-5-6-20-31-30(35)25(4)32(21-26-13-11-10-12-24(26)3)29(34)22-33(27-14-8-7-9-15-27)38(36,37)28-18-16-23(2)17-19-28/h7-19,25H,5-6,20-22H2,1-4H3,(H,31,35)/t25-/m1/s1. The predicted molar refractivity (Wildman–Crippen MR) is 151 cm³/mol. The first-order valence-corrected chi connectivity index (χ1v) is 14.3. The van der Waals surface area contributed by atoms with E-state index in [1.807, 2.05) is 45.0 Å². The molecule has 1 atom stereocenters. The van der Waals surface area contributed by atoms with Crippen LogP contribution in [-0.2, 0) is 26.2 Å². The molecule has 0 unspecified atom stereocenters. The van der Waals surface area contributed by atoms with E-state index < -0.39 is 28.5 Å². The maximum Gasteiger partial charge on any atom is 0.264 e. The predicted octanol–water partition coefficient (Wildman–Crippen LogP) is 4.83. The van der Waals surface area contributed by atoms with Crippen molar-refractivity contribution >= 4 is 27.5 Å². The molecule has 0 spiro atoms. The number of hydrogen-bond acceptors (Lipinski definition) is 4. The number of amides is 2. The smallest absolute Gasteiger partial charge is 0.264 e. The molecule has 3 aromatic rings. The Balaban J connectivity index is 1.98. The van der Waals surface area contributed by atoms with Crippen molar-refractivity contribution in [2.75, 3.05) is 17.4 Å². The van der Waals surface area contributed by atoms with Crippen LogP contribution in [0.1, 0.15) is 43.4 Å². The Morgan fingerprint density at radius 1 is 0.895 bits per heavy atom. The fraction of sp³-hybridized carbons (Fsp3) is 0.333. The topological polar surface area (TPSA) is 86.8 Å². The molecule has 0 saturated carbocycles. The number of carbonyl (C=O) groups is 2. The van der Waals surface area contributed by atoms with E-state index in [9.17, 15) is 18.0 Å². The Morgan fingerprint density at radius 2 is 1.53 bits per heavy atom. The first kappa shape index (κ1) is 28.9. The van der Waals surface area contributed by atoms with Gasteiger partial charge in [0, 0.05) is 13.1 Å². The zero-order valence-electron chi connectivity index (χ0n) is 22.6.